The Kier molecular flexibility index (Phi) is 5.78. The van der Waals surface area contributed by atoms with Crippen LogP contribution in [-0.4, -0.2) is 23.5 Å². The molecule has 1 rings (SSSR count). The van der Waals surface area contributed by atoms with E-state index in [9.17, 15) is 9.59 Å². The minimum absolute atomic E-state index is 0.0808. The second-order valence-electron chi connectivity index (χ2n) is 6.67. The fourth-order valence-electron chi connectivity index (χ4n) is 2.56. The van der Waals surface area contributed by atoms with E-state index in [0.29, 0.717) is 5.57 Å². The molecule has 1 saturated carbocycles. The van der Waals surface area contributed by atoms with Gasteiger partial charge >= 0.3 is 6.09 Å². The number of ketones is 1. The van der Waals surface area contributed by atoms with Crippen LogP contribution in [0.25, 0.3) is 0 Å². The molecule has 0 radical (unpaired) electrons. The fraction of sp³-hybridized carbons (Fsp3) is 0.750. The van der Waals surface area contributed by atoms with Crippen LogP contribution in [0.2, 0.25) is 0 Å². The Morgan fingerprint density at radius 1 is 1.20 bits per heavy atom. The maximum atomic E-state index is 12.3. The number of Topliss-reactive ketones (excluding diaryl/α,β-unsaturated/α-hetero) is 1. The Balaban J connectivity index is 2.74. The summed E-state index contributed by atoms with van der Waals surface area (Å²) in [4.78, 5) is 24.2. The van der Waals surface area contributed by atoms with Crippen molar-refractivity contribution in [1.29, 1.82) is 0 Å². The lowest BCUT2D eigenvalue weighted by Crippen LogP contribution is -2.48. The van der Waals surface area contributed by atoms with Crippen molar-refractivity contribution in [3.63, 3.8) is 0 Å². The minimum Gasteiger partial charge on any atom is -0.444 e. The monoisotopic (exact) mass is 281 g/mol. The third-order valence-corrected chi connectivity index (χ3v) is 3.50. The number of ether oxygens (including phenoxy) is 1. The highest BCUT2D eigenvalue weighted by Gasteiger charge is 2.32. The molecular weight excluding hydrogens is 254 g/mol. The highest BCUT2D eigenvalue weighted by molar-refractivity contribution is 6.00. The first kappa shape index (κ1) is 16.7. The van der Waals surface area contributed by atoms with Crippen molar-refractivity contribution in [2.24, 2.45) is 5.92 Å². The topological polar surface area (TPSA) is 55.4 Å². The number of alkyl carbamates (subject to hydrolysis) is 1. The van der Waals surface area contributed by atoms with Crippen LogP contribution in [-0.2, 0) is 9.53 Å². The first-order valence-corrected chi connectivity index (χ1v) is 7.40. The maximum Gasteiger partial charge on any atom is 0.408 e. The summed E-state index contributed by atoms with van der Waals surface area (Å²) in [6, 6.07) is -0.498. The van der Waals surface area contributed by atoms with Gasteiger partial charge in [0.05, 0.1) is 6.04 Å². The Labute approximate surface area is 122 Å². The molecule has 1 atom stereocenters. The fourth-order valence-corrected chi connectivity index (χ4v) is 2.56. The van der Waals surface area contributed by atoms with Gasteiger partial charge in [-0.2, -0.15) is 0 Å². The first-order chi connectivity index (χ1) is 9.20. The molecule has 1 unspecified atom stereocenters. The van der Waals surface area contributed by atoms with E-state index >= 15 is 0 Å². The van der Waals surface area contributed by atoms with Gasteiger partial charge in [-0.05, 0) is 52.0 Å². The summed E-state index contributed by atoms with van der Waals surface area (Å²) in [5.74, 6) is 0.114. The average molecular weight is 281 g/mol. The van der Waals surface area contributed by atoms with Crippen LogP contribution in [0.1, 0.15) is 59.8 Å². The van der Waals surface area contributed by atoms with Crippen molar-refractivity contribution in [2.45, 2.75) is 71.4 Å². The molecule has 0 heterocycles. The summed E-state index contributed by atoms with van der Waals surface area (Å²) in [6.07, 6.45) is 4.85. The number of amides is 1. The van der Waals surface area contributed by atoms with Crippen molar-refractivity contribution in [3.05, 3.63) is 12.2 Å². The number of hydrogen-bond acceptors (Lipinski definition) is 3. The Bertz CT molecular complexity index is 376. The molecule has 0 saturated heterocycles. The van der Waals surface area contributed by atoms with Crippen molar-refractivity contribution in [3.8, 4) is 0 Å². The Morgan fingerprint density at radius 2 is 1.75 bits per heavy atom. The molecule has 0 bridgehead atoms. The highest BCUT2D eigenvalue weighted by atomic mass is 16.6. The molecular formula is C16H27NO3. The maximum absolute atomic E-state index is 12.3. The van der Waals surface area contributed by atoms with Crippen LogP contribution < -0.4 is 5.32 Å². The van der Waals surface area contributed by atoms with E-state index in [2.05, 4.69) is 11.9 Å². The summed E-state index contributed by atoms with van der Waals surface area (Å²) < 4.78 is 5.26. The molecule has 0 aromatic carbocycles. The lowest BCUT2D eigenvalue weighted by molar-refractivity contribution is -0.119. The van der Waals surface area contributed by atoms with Crippen molar-refractivity contribution in [2.75, 3.05) is 0 Å². The van der Waals surface area contributed by atoms with E-state index in [0.717, 1.165) is 25.7 Å². The molecule has 0 aromatic heterocycles. The molecule has 4 heteroatoms. The van der Waals surface area contributed by atoms with E-state index in [4.69, 9.17) is 4.74 Å². The average Bonchev–Trinajstić information content (AvgIpc) is 2.34. The second-order valence-corrected chi connectivity index (χ2v) is 6.67. The molecule has 114 valence electrons. The Morgan fingerprint density at radius 3 is 2.20 bits per heavy atom. The third-order valence-electron chi connectivity index (χ3n) is 3.50. The van der Waals surface area contributed by atoms with Crippen molar-refractivity contribution in [1.82, 2.24) is 5.32 Å². The van der Waals surface area contributed by atoms with Gasteiger partial charge in [-0.25, -0.2) is 4.79 Å². The second kappa shape index (κ2) is 6.91. The zero-order valence-corrected chi connectivity index (χ0v) is 13.1. The van der Waals surface area contributed by atoms with Crippen LogP contribution in [0, 0.1) is 5.92 Å². The summed E-state index contributed by atoms with van der Waals surface area (Å²) in [5.41, 5.74) is -0.0790. The van der Waals surface area contributed by atoms with Gasteiger partial charge in [0.15, 0.2) is 5.78 Å². The van der Waals surface area contributed by atoms with Crippen molar-refractivity contribution < 1.29 is 14.3 Å². The molecule has 1 aliphatic rings. The summed E-state index contributed by atoms with van der Waals surface area (Å²) >= 11 is 0. The van der Waals surface area contributed by atoms with Gasteiger partial charge in [-0.15, -0.1) is 0 Å². The predicted octanol–water partition coefficient (Wildman–Crippen LogP) is 3.61. The van der Waals surface area contributed by atoms with Crippen LogP contribution >= 0.6 is 0 Å². The smallest absolute Gasteiger partial charge is 0.408 e. The molecule has 1 N–H and O–H groups in total. The SMILES string of the molecule is C=C(C)C(=O)C(NC(=O)OC(C)(C)C)C1CCCCC1. The van der Waals surface area contributed by atoms with Crippen LogP contribution in [0.4, 0.5) is 4.79 Å². The number of hydrogen-bond donors (Lipinski definition) is 1. The van der Waals surface area contributed by atoms with E-state index in [-0.39, 0.29) is 11.7 Å². The van der Waals surface area contributed by atoms with Gasteiger partial charge in [0, 0.05) is 0 Å². The molecule has 1 fully saturated rings. The number of carbonyl (C=O) groups is 2. The van der Waals surface area contributed by atoms with E-state index in [1.54, 1.807) is 6.92 Å². The molecule has 1 amide bonds. The summed E-state index contributed by atoms with van der Waals surface area (Å²) in [5, 5.41) is 2.75. The van der Waals surface area contributed by atoms with Crippen LogP contribution in [0.15, 0.2) is 12.2 Å². The van der Waals surface area contributed by atoms with Gasteiger partial charge < -0.3 is 10.1 Å². The van der Waals surface area contributed by atoms with E-state index < -0.39 is 17.7 Å². The lowest BCUT2D eigenvalue weighted by atomic mass is 9.81. The van der Waals surface area contributed by atoms with Crippen molar-refractivity contribution >= 4 is 11.9 Å². The zero-order valence-electron chi connectivity index (χ0n) is 13.1. The molecule has 0 aromatic rings. The summed E-state index contributed by atoms with van der Waals surface area (Å²) in [6.45, 7) is 10.8. The highest BCUT2D eigenvalue weighted by Crippen LogP contribution is 2.28. The predicted molar refractivity (Wildman–Crippen MR) is 79.6 cm³/mol. The zero-order chi connectivity index (χ0) is 15.3. The normalized spacial score (nSPS) is 18.2. The first-order valence-electron chi connectivity index (χ1n) is 7.40. The largest absolute Gasteiger partial charge is 0.444 e. The molecule has 20 heavy (non-hydrogen) atoms. The minimum atomic E-state index is -0.562. The Hall–Kier alpha value is -1.32. The molecule has 4 nitrogen and oxygen atoms in total. The van der Waals surface area contributed by atoms with E-state index in [1.807, 2.05) is 20.8 Å². The van der Waals surface area contributed by atoms with E-state index in [1.165, 1.54) is 6.42 Å². The summed E-state index contributed by atoms with van der Waals surface area (Å²) in [7, 11) is 0. The van der Waals surface area contributed by atoms with Gasteiger partial charge in [0.1, 0.15) is 5.60 Å². The van der Waals surface area contributed by atoms with Gasteiger partial charge in [0.2, 0.25) is 0 Å². The lowest BCUT2D eigenvalue weighted by Gasteiger charge is -2.31. The quantitative estimate of drug-likeness (QED) is 0.801. The van der Waals surface area contributed by atoms with Crippen LogP contribution in [0.5, 0.6) is 0 Å². The number of rotatable bonds is 4. The standard InChI is InChI=1S/C16H27NO3/c1-11(2)14(18)13(12-9-7-6-8-10-12)17-15(19)20-16(3,4)5/h12-13H,1,6-10H2,2-5H3,(H,17,19). The molecule has 1 aliphatic carbocycles. The third kappa shape index (κ3) is 5.35. The van der Waals surface area contributed by atoms with Gasteiger partial charge in [-0.3, -0.25) is 4.79 Å². The number of carbonyl (C=O) groups excluding carboxylic acids is 2. The molecule has 0 aliphatic heterocycles. The number of nitrogens with one attached hydrogen (secondary N) is 1. The van der Waals surface area contributed by atoms with Gasteiger partial charge in [-0.1, -0.05) is 25.8 Å². The van der Waals surface area contributed by atoms with Crippen LogP contribution in [0.3, 0.4) is 0 Å². The van der Waals surface area contributed by atoms with Gasteiger partial charge in [0.25, 0.3) is 0 Å². The molecule has 0 spiro atoms.